The van der Waals surface area contributed by atoms with Gasteiger partial charge >= 0.3 is 0 Å². The highest BCUT2D eigenvalue weighted by atomic mass is 16.3. The summed E-state index contributed by atoms with van der Waals surface area (Å²) in [5.41, 5.74) is 6.43. The minimum absolute atomic E-state index is 0.0354. The van der Waals surface area contributed by atoms with E-state index in [9.17, 15) is 9.90 Å². The third-order valence-electron chi connectivity index (χ3n) is 2.79. The standard InChI is InChI=1S/C12H15NO2/c13-8-11(14)10-3-1-2-9(6-10)7-12(15)4-5-12/h1-3,6,15H,4-5,7-8,13H2. The van der Waals surface area contributed by atoms with Crippen molar-refractivity contribution in [2.24, 2.45) is 5.73 Å². The molecule has 0 radical (unpaired) electrons. The summed E-state index contributed by atoms with van der Waals surface area (Å²) in [6.45, 7) is 0.0354. The van der Waals surface area contributed by atoms with E-state index in [4.69, 9.17) is 5.73 Å². The molecule has 15 heavy (non-hydrogen) atoms. The van der Waals surface area contributed by atoms with E-state index in [1.807, 2.05) is 18.2 Å². The Labute approximate surface area is 88.9 Å². The average molecular weight is 205 g/mol. The Bertz CT molecular complexity index is 383. The number of hydrogen-bond acceptors (Lipinski definition) is 3. The first-order chi connectivity index (χ1) is 7.13. The summed E-state index contributed by atoms with van der Waals surface area (Å²) in [6, 6.07) is 7.36. The van der Waals surface area contributed by atoms with Gasteiger partial charge < -0.3 is 10.8 Å². The van der Waals surface area contributed by atoms with Gasteiger partial charge in [-0.05, 0) is 24.5 Å². The summed E-state index contributed by atoms with van der Waals surface area (Å²) < 4.78 is 0. The first-order valence-electron chi connectivity index (χ1n) is 5.18. The molecule has 1 saturated carbocycles. The fourth-order valence-corrected chi connectivity index (χ4v) is 1.67. The van der Waals surface area contributed by atoms with E-state index >= 15 is 0 Å². The first-order valence-corrected chi connectivity index (χ1v) is 5.18. The number of ketones is 1. The Hall–Kier alpha value is -1.19. The molecule has 3 nitrogen and oxygen atoms in total. The van der Waals surface area contributed by atoms with Crippen LogP contribution in [0.2, 0.25) is 0 Å². The lowest BCUT2D eigenvalue weighted by atomic mass is 10.0. The molecular weight excluding hydrogens is 190 g/mol. The second-order valence-corrected chi connectivity index (χ2v) is 4.23. The maximum atomic E-state index is 11.4. The quantitative estimate of drug-likeness (QED) is 0.718. The van der Waals surface area contributed by atoms with Crippen LogP contribution in [0.3, 0.4) is 0 Å². The van der Waals surface area contributed by atoms with E-state index in [0.717, 1.165) is 18.4 Å². The molecule has 0 amide bonds. The van der Waals surface area contributed by atoms with Crippen molar-refractivity contribution in [2.45, 2.75) is 24.9 Å². The maximum Gasteiger partial charge on any atom is 0.176 e. The van der Waals surface area contributed by atoms with Crippen molar-refractivity contribution < 1.29 is 9.90 Å². The second kappa shape index (κ2) is 3.76. The Morgan fingerprint density at radius 3 is 2.80 bits per heavy atom. The smallest absolute Gasteiger partial charge is 0.176 e. The molecule has 0 heterocycles. The molecule has 0 aliphatic heterocycles. The number of nitrogens with two attached hydrogens (primary N) is 1. The van der Waals surface area contributed by atoms with Gasteiger partial charge in [0, 0.05) is 12.0 Å². The Kier molecular flexibility index (Phi) is 2.59. The highest BCUT2D eigenvalue weighted by Gasteiger charge is 2.40. The van der Waals surface area contributed by atoms with Crippen LogP contribution in [0, 0.1) is 0 Å². The lowest BCUT2D eigenvalue weighted by Gasteiger charge is -2.08. The zero-order valence-corrected chi connectivity index (χ0v) is 8.57. The summed E-state index contributed by atoms with van der Waals surface area (Å²) >= 11 is 0. The summed E-state index contributed by atoms with van der Waals surface area (Å²) in [6.07, 6.45) is 2.36. The number of carbonyl (C=O) groups excluding carboxylic acids is 1. The van der Waals surface area contributed by atoms with Crippen LogP contribution >= 0.6 is 0 Å². The third-order valence-corrected chi connectivity index (χ3v) is 2.79. The molecule has 1 fully saturated rings. The van der Waals surface area contributed by atoms with Crippen LogP contribution in [0.4, 0.5) is 0 Å². The van der Waals surface area contributed by atoms with Gasteiger partial charge in [-0.1, -0.05) is 18.2 Å². The molecule has 0 saturated heterocycles. The number of hydrogen-bond donors (Lipinski definition) is 2. The van der Waals surface area contributed by atoms with Crippen LogP contribution in [0.25, 0.3) is 0 Å². The van der Waals surface area contributed by atoms with Gasteiger partial charge in [0.25, 0.3) is 0 Å². The molecule has 3 N–H and O–H groups in total. The van der Waals surface area contributed by atoms with Gasteiger partial charge in [0.05, 0.1) is 12.1 Å². The van der Waals surface area contributed by atoms with Gasteiger partial charge in [-0.2, -0.15) is 0 Å². The molecular formula is C12H15NO2. The molecule has 1 aromatic carbocycles. The third kappa shape index (κ3) is 2.43. The molecule has 2 rings (SSSR count). The lowest BCUT2D eigenvalue weighted by molar-refractivity contribution is 0.100. The lowest BCUT2D eigenvalue weighted by Crippen LogP contribution is -2.15. The molecule has 0 bridgehead atoms. The number of rotatable bonds is 4. The van der Waals surface area contributed by atoms with E-state index in [0.29, 0.717) is 12.0 Å². The molecule has 3 heteroatoms. The van der Waals surface area contributed by atoms with Crippen molar-refractivity contribution in [1.29, 1.82) is 0 Å². The zero-order chi connectivity index (χ0) is 10.9. The SMILES string of the molecule is NCC(=O)c1cccc(CC2(O)CC2)c1. The van der Waals surface area contributed by atoms with Crippen LogP contribution in [-0.2, 0) is 6.42 Å². The zero-order valence-electron chi connectivity index (χ0n) is 8.57. The van der Waals surface area contributed by atoms with E-state index in [1.54, 1.807) is 6.07 Å². The number of Topliss-reactive ketones (excluding diaryl/α,β-unsaturated/α-hetero) is 1. The van der Waals surface area contributed by atoms with E-state index in [-0.39, 0.29) is 12.3 Å². The highest BCUT2D eigenvalue weighted by molar-refractivity contribution is 5.97. The van der Waals surface area contributed by atoms with Crippen molar-refractivity contribution in [2.75, 3.05) is 6.54 Å². The van der Waals surface area contributed by atoms with Gasteiger partial charge in [0.1, 0.15) is 0 Å². The Balaban J connectivity index is 2.15. The van der Waals surface area contributed by atoms with Crippen LogP contribution in [-0.4, -0.2) is 23.0 Å². The number of aliphatic hydroxyl groups is 1. The van der Waals surface area contributed by atoms with Crippen molar-refractivity contribution in [1.82, 2.24) is 0 Å². The fraction of sp³-hybridized carbons (Fsp3) is 0.417. The maximum absolute atomic E-state index is 11.4. The normalized spacial score (nSPS) is 17.5. The molecule has 0 spiro atoms. The van der Waals surface area contributed by atoms with Gasteiger partial charge in [0.15, 0.2) is 5.78 Å². The predicted molar refractivity (Wildman–Crippen MR) is 57.7 cm³/mol. The van der Waals surface area contributed by atoms with Crippen LogP contribution in [0.5, 0.6) is 0 Å². The highest BCUT2D eigenvalue weighted by Crippen LogP contribution is 2.38. The van der Waals surface area contributed by atoms with Crippen LogP contribution in [0.1, 0.15) is 28.8 Å². The van der Waals surface area contributed by atoms with Crippen molar-refractivity contribution in [3.05, 3.63) is 35.4 Å². The topological polar surface area (TPSA) is 63.3 Å². The van der Waals surface area contributed by atoms with E-state index in [1.165, 1.54) is 0 Å². The average Bonchev–Trinajstić information content (AvgIpc) is 2.95. The summed E-state index contributed by atoms with van der Waals surface area (Å²) in [4.78, 5) is 11.4. The number of benzene rings is 1. The first kappa shape index (κ1) is 10.3. The summed E-state index contributed by atoms with van der Waals surface area (Å²) in [7, 11) is 0. The molecule has 0 atom stereocenters. The molecule has 0 aromatic heterocycles. The van der Waals surface area contributed by atoms with Gasteiger partial charge in [0.2, 0.25) is 0 Å². The van der Waals surface area contributed by atoms with Crippen LogP contribution < -0.4 is 5.73 Å². The number of carbonyl (C=O) groups is 1. The molecule has 80 valence electrons. The van der Waals surface area contributed by atoms with E-state index in [2.05, 4.69) is 0 Å². The van der Waals surface area contributed by atoms with E-state index < -0.39 is 5.60 Å². The largest absolute Gasteiger partial charge is 0.390 e. The minimum Gasteiger partial charge on any atom is -0.390 e. The van der Waals surface area contributed by atoms with Crippen molar-refractivity contribution >= 4 is 5.78 Å². The van der Waals surface area contributed by atoms with Gasteiger partial charge in [-0.3, -0.25) is 4.79 Å². The monoisotopic (exact) mass is 205 g/mol. The fourth-order valence-electron chi connectivity index (χ4n) is 1.67. The van der Waals surface area contributed by atoms with Gasteiger partial charge in [-0.25, -0.2) is 0 Å². The predicted octanol–water partition coefficient (Wildman–Crippen LogP) is 0.895. The van der Waals surface area contributed by atoms with Crippen LogP contribution in [0.15, 0.2) is 24.3 Å². The summed E-state index contributed by atoms with van der Waals surface area (Å²) in [5, 5.41) is 9.76. The van der Waals surface area contributed by atoms with Gasteiger partial charge in [-0.15, -0.1) is 0 Å². The minimum atomic E-state index is -0.510. The summed E-state index contributed by atoms with van der Waals surface area (Å²) in [5.74, 6) is -0.0559. The molecule has 1 aromatic rings. The molecule has 1 aliphatic rings. The van der Waals surface area contributed by atoms with Crippen molar-refractivity contribution in [3.63, 3.8) is 0 Å². The molecule has 0 unspecified atom stereocenters. The molecule has 1 aliphatic carbocycles. The Morgan fingerprint density at radius 1 is 1.47 bits per heavy atom. The second-order valence-electron chi connectivity index (χ2n) is 4.23. The van der Waals surface area contributed by atoms with Crippen molar-refractivity contribution in [3.8, 4) is 0 Å². The Morgan fingerprint density at radius 2 is 2.20 bits per heavy atom.